The predicted molar refractivity (Wildman–Crippen MR) is 102 cm³/mol. The van der Waals surface area contributed by atoms with Crippen LogP contribution in [0.25, 0.3) is 0 Å². The van der Waals surface area contributed by atoms with E-state index in [0.717, 1.165) is 12.8 Å². The number of benzene rings is 1. The normalized spacial score (nSPS) is 14.2. The molecule has 1 amide bonds. The highest BCUT2D eigenvalue weighted by atomic mass is 32.2. The van der Waals surface area contributed by atoms with Gasteiger partial charge in [0.25, 0.3) is 5.91 Å². The number of hydrogen-bond acceptors (Lipinski definition) is 5. The fraction of sp³-hybridized carbons (Fsp3) is 0.579. The van der Waals surface area contributed by atoms with Crippen molar-refractivity contribution in [1.82, 2.24) is 9.21 Å². The molecule has 2 rings (SSSR count). The second-order valence-corrected chi connectivity index (χ2v) is 8.49. The molecule has 0 atom stereocenters. The summed E-state index contributed by atoms with van der Waals surface area (Å²) in [6, 6.07) is 6.01. The molecule has 0 bridgehead atoms. The fourth-order valence-electron chi connectivity index (χ4n) is 2.88. The lowest BCUT2D eigenvalue weighted by Crippen LogP contribution is -2.38. The Labute approximate surface area is 161 Å². The summed E-state index contributed by atoms with van der Waals surface area (Å²) >= 11 is 0. The van der Waals surface area contributed by atoms with Crippen LogP contribution in [0.2, 0.25) is 0 Å². The first-order chi connectivity index (χ1) is 12.8. The summed E-state index contributed by atoms with van der Waals surface area (Å²) < 4.78 is 31.7. The van der Waals surface area contributed by atoms with E-state index in [0.29, 0.717) is 25.6 Å². The maximum atomic E-state index is 12.9. The van der Waals surface area contributed by atoms with Crippen LogP contribution in [0.15, 0.2) is 29.2 Å². The van der Waals surface area contributed by atoms with Gasteiger partial charge in [0.1, 0.15) is 6.54 Å². The zero-order chi connectivity index (χ0) is 20.0. The van der Waals surface area contributed by atoms with Gasteiger partial charge >= 0.3 is 5.97 Å². The van der Waals surface area contributed by atoms with E-state index in [9.17, 15) is 18.0 Å². The van der Waals surface area contributed by atoms with Crippen molar-refractivity contribution in [2.45, 2.75) is 38.5 Å². The molecule has 8 heteroatoms. The molecule has 1 aromatic carbocycles. The Morgan fingerprint density at radius 2 is 1.81 bits per heavy atom. The minimum Gasteiger partial charge on any atom is -0.465 e. The maximum Gasteiger partial charge on any atom is 0.325 e. The third-order valence-electron chi connectivity index (χ3n) is 4.51. The van der Waals surface area contributed by atoms with E-state index < -0.39 is 16.0 Å². The maximum absolute atomic E-state index is 12.9. The van der Waals surface area contributed by atoms with Crippen LogP contribution in [-0.2, 0) is 19.6 Å². The van der Waals surface area contributed by atoms with Gasteiger partial charge in [0, 0.05) is 25.2 Å². The zero-order valence-electron chi connectivity index (χ0n) is 16.2. The van der Waals surface area contributed by atoms with Gasteiger partial charge in [-0.2, -0.15) is 4.31 Å². The van der Waals surface area contributed by atoms with Crippen molar-refractivity contribution in [2.24, 2.45) is 5.92 Å². The van der Waals surface area contributed by atoms with Crippen molar-refractivity contribution in [3.05, 3.63) is 29.8 Å². The van der Waals surface area contributed by atoms with Gasteiger partial charge in [-0.05, 0) is 43.9 Å². The summed E-state index contributed by atoms with van der Waals surface area (Å²) in [4.78, 5) is 26.4. The first-order valence-corrected chi connectivity index (χ1v) is 10.8. The number of sulfonamides is 1. The third kappa shape index (κ3) is 5.52. The summed E-state index contributed by atoms with van der Waals surface area (Å²) in [7, 11) is -3.65. The number of ether oxygens (including phenoxy) is 1. The lowest BCUT2D eigenvalue weighted by atomic mass is 10.2. The quantitative estimate of drug-likeness (QED) is 0.566. The second kappa shape index (κ2) is 9.32. The van der Waals surface area contributed by atoms with Crippen LogP contribution >= 0.6 is 0 Å². The third-order valence-corrected chi connectivity index (χ3v) is 6.56. The molecule has 0 unspecified atom stereocenters. The van der Waals surface area contributed by atoms with E-state index in [1.165, 1.54) is 21.3 Å². The molecule has 27 heavy (non-hydrogen) atoms. The van der Waals surface area contributed by atoms with Crippen LogP contribution in [-0.4, -0.2) is 62.3 Å². The molecule has 150 valence electrons. The lowest BCUT2D eigenvalue weighted by Gasteiger charge is -2.22. The molecular formula is C19H28N2O5S. The largest absolute Gasteiger partial charge is 0.465 e. The molecule has 1 aliphatic rings. The second-order valence-electron chi connectivity index (χ2n) is 6.55. The molecule has 0 heterocycles. The van der Waals surface area contributed by atoms with Crippen molar-refractivity contribution in [3.63, 3.8) is 0 Å². The van der Waals surface area contributed by atoms with Gasteiger partial charge in [0.15, 0.2) is 0 Å². The van der Waals surface area contributed by atoms with Crippen LogP contribution in [0.3, 0.4) is 0 Å². The highest BCUT2D eigenvalue weighted by Gasteiger charge is 2.30. The van der Waals surface area contributed by atoms with Crippen molar-refractivity contribution < 1.29 is 22.7 Å². The number of nitrogens with zero attached hydrogens (tertiary/aromatic N) is 2. The van der Waals surface area contributed by atoms with Crippen LogP contribution < -0.4 is 0 Å². The number of hydrogen-bond donors (Lipinski definition) is 0. The van der Waals surface area contributed by atoms with Crippen molar-refractivity contribution in [3.8, 4) is 0 Å². The standard InChI is InChI=1S/C19H28N2O5S/c1-4-21(5-2)27(24,25)17-9-7-8-16(12-17)19(23)20(13-15-10-11-15)14-18(22)26-6-3/h7-9,12,15H,4-6,10-11,13-14H2,1-3H3. The van der Waals surface area contributed by atoms with Crippen molar-refractivity contribution in [2.75, 3.05) is 32.8 Å². The zero-order valence-corrected chi connectivity index (χ0v) is 17.0. The number of amides is 1. The average molecular weight is 397 g/mol. The smallest absolute Gasteiger partial charge is 0.325 e. The molecule has 1 fully saturated rings. The lowest BCUT2D eigenvalue weighted by molar-refractivity contribution is -0.143. The Morgan fingerprint density at radius 3 is 2.37 bits per heavy atom. The Balaban J connectivity index is 2.26. The highest BCUT2D eigenvalue weighted by molar-refractivity contribution is 7.89. The first-order valence-electron chi connectivity index (χ1n) is 9.38. The molecule has 0 aliphatic heterocycles. The van der Waals surface area contributed by atoms with E-state index in [4.69, 9.17) is 4.74 Å². The van der Waals surface area contributed by atoms with E-state index in [1.807, 2.05) is 0 Å². The van der Waals surface area contributed by atoms with Gasteiger partial charge in [-0.3, -0.25) is 9.59 Å². The molecule has 1 saturated carbocycles. The van der Waals surface area contributed by atoms with Crippen molar-refractivity contribution >= 4 is 21.9 Å². The molecule has 7 nitrogen and oxygen atoms in total. The van der Waals surface area contributed by atoms with Crippen LogP contribution in [0.1, 0.15) is 44.0 Å². The number of carbonyl (C=O) groups is 2. The summed E-state index contributed by atoms with van der Waals surface area (Å²) in [5, 5.41) is 0. The van der Waals surface area contributed by atoms with Gasteiger partial charge in [-0.25, -0.2) is 8.42 Å². The molecule has 0 N–H and O–H groups in total. The number of rotatable bonds is 10. The first kappa shape index (κ1) is 21.4. The SMILES string of the molecule is CCOC(=O)CN(CC1CC1)C(=O)c1cccc(S(=O)(=O)N(CC)CC)c1. The summed E-state index contributed by atoms with van der Waals surface area (Å²) in [5.74, 6) is -0.420. The van der Waals surface area contributed by atoms with Gasteiger partial charge in [0.2, 0.25) is 10.0 Å². The van der Waals surface area contributed by atoms with Crippen LogP contribution in [0.4, 0.5) is 0 Å². The molecule has 1 aromatic rings. The number of esters is 1. The van der Waals surface area contributed by atoms with E-state index in [2.05, 4.69) is 0 Å². The van der Waals surface area contributed by atoms with Gasteiger partial charge < -0.3 is 9.64 Å². The molecule has 0 spiro atoms. The van der Waals surface area contributed by atoms with E-state index in [-0.39, 0.29) is 29.5 Å². The Bertz CT molecular complexity index is 770. The van der Waals surface area contributed by atoms with E-state index >= 15 is 0 Å². The minimum atomic E-state index is -3.65. The summed E-state index contributed by atoms with van der Waals surface area (Å²) in [6.45, 7) is 6.57. The van der Waals surface area contributed by atoms with Gasteiger partial charge in [-0.15, -0.1) is 0 Å². The fourth-order valence-corrected chi connectivity index (χ4v) is 4.38. The minimum absolute atomic E-state index is 0.0829. The summed E-state index contributed by atoms with van der Waals surface area (Å²) in [5.41, 5.74) is 0.258. The predicted octanol–water partition coefficient (Wildman–Crippen LogP) is 2.13. The van der Waals surface area contributed by atoms with Crippen LogP contribution in [0, 0.1) is 5.92 Å². The Kier molecular flexibility index (Phi) is 7.38. The Hall–Kier alpha value is -1.93. The van der Waals surface area contributed by atoms with Crippen molar-refractivity contribution in [1.29, 1.82) is 0 Å². The monoisotopic (exact) mass is 396 g/mol. The highest BCUT2D eigenvalue weighted by Crippen LogP contribution is 2.30. The summed E-state index contributed by atoms with van der Waals surface area (Å²) in [6.07, 6.45) is 2.06. The Morgan fingerprint density at radius 1 is 1.15 bits per heavy atom. The molecule has 0 aromatic heterocycles. The molecular weight excluding hydrogens is 368 g/mol. The average Bonchev–Trinajstić information content (AvgIpc) is 3.46. The van der Waals surface area contributed by atoms with Crippen LogP contribution in [0.5, 0.6) is 0 Å². The van der Waals surface area contributed by atoms with Gasteiger partial charge in [-0.1, -0.05) is 19.9 Å². The van der Waals surface area contributed by atoms with E-state index in [1.54, 1.807) is 32.9 Å². The molecule has 0 saturated heterocycles. The van der Waals surface area contributed by atoms with Gasteiger partial charge in [0.05, 0.1) is 11.5 Å². The molecule has 1 aliphatic carbocycles. The topological polar surface area (TPSA) is 84.0 Å². The molecule has 0 radical (unpaired) electrons. The number of carbonyl (C=O) groups excluding carboxylic acids is 2.